The second-order valence-corrected chi connectivity index (χ2v) is 10.6. The van der Waals surface area contributed by atoms with E-state index >= 15 is 0 Å². The molecule has 0 aromatic heterocycles. The molecule has 12 heteroatoms. The third kappa shape index (κ3) is 6.15. The molecule has 1 heterocycles. The number of rotatable bonds is 13. The van der Waals surface area contributed by atoms with Gasteiger partial charge in [-0.15, -0.1) is 0 Å². The van der Waals surface area contributed by atoms with Gasteiger partial charge in [0.05, 0.1) is 35.6 Å². The van der Waals surface area contributed by atoms with Gasteiger partial charge in [-0.05, 0) is 44.7 Å². The number of hydrogen-bond acceptors (Lipinski definition) is 9. The molecule has 0 unspecified atom stereocenters. The molecule has 4 N–H and O–H groups in total. The zero-order chi connectivity index (χ0) is 25.8. The van der Waals surface area contributed by atoms with E-state index in [-0.39, 0.29) is 53.5 Å². The lowest BCUT2D eigenvalue weighted by Gasteiger charge is -2.26. The van der Waals surface area contributed by atoms with Crippen molar-refractivity contribution in [2.24, 2.45) is 0 Å². The van der Waals surface area contributed by atoms with Gasteiger partial charge in [0, 0.05) is 13.2 Å². The molecule has 0 saturated carbocycles. The summed E-state index contributed by atoms with van der Waals surface area (Å²) in [5.74, 6) is -0.668. The van der Waals surface area contributed by atoms with Crippen molar-refractivity contribution in [3.63, 3.8) is 0 Å². The molecule has 0 radical (unpaired) electrons. The number of sulfonamides is 1. The number of halogens is 1. The van der Waals surface area contributed by atoms with Crippen LogP contribution in [-0.2, 0) is 19.5 Å². The Morgan fingerprint density at radius 2 is 1.89 bits per heavy atom. The van der Waals surface area contributed by atoms with Gasteiger partial charge in [0.1, 0.15) is 16.3 Å². The van der Waals surface area contributed by atoms with Crippen LogP contribution in [0, 0.1) is 0 Å². The van der Waals surface area contributed by atoms with E-state index in [4.69, 9.17) is 21.1 Å². The molecule has 3 atom stereocenters. The molecule has 0 amide bonds. The maximum atomic E-state index is 12.8. The largest absolute Gasteiger partial charge is 0.504 e. The predicted octanol–water partition coefficient (Wildman–Crippen LogP) is 2.85. The molecule has 2 aromatic rings. The summed E-state index contributed by atoms with van der Waals surface area (Å²) in [5.41, 5.74) is -1.51. The Labute approximate surface area is 209 Å². The quantitative estimate of drug-likeness (QED) is 0.175. The number of aromatic hydroxyl groups is 1. The molecule has 1 aliphatic rings. The first-order valence-corrected chi connectivity index (χ1v) is 13.6. The third-order valence-corrected chi connectivity index (χ3v) is 7.85. The highest BCUT2D eigenvalue weighted by atomic mass is 35.5. The van der Waals surface area contributed by atoms with Crippen molar-refractivity contribution < 1.29 is 23.0 Å². The summed E-state index contributed by atoms with van der Waals surface area (Å²) in [7, 11) is -4.18. The highest BCUT2D eigenvalue weighted by molar-refractivity contribution is 7.89. The molecule has 1 fully saturated rings. The van der Waals surface area contributed by atoms with Crippen LogP contribution in [0.25, 0.3) is 0 Å². The fraction of sp³-hybridized carbons (Fsp3) is 0.565. The van der Waals surface area contributed by atoms with E-state index in [1.54, 1.807) is 0 Å². The van der Waals surface area contributed by atoms with Gasteiger partial charge in [0.2, 0.25) is 10.0 Å². The van der Waals surface area contributed by atoms with Gasteiger partial charge in [-0.1, -0.05) is 25.4 Å². The van der Waals surface area contributed by atoms with E-state index in [0.717, 1.165) is 19.3 Å². The maximum absolute atomic E-state index is 12.8. The monoisotopic (exact) mass is 529 g/mol. The van der Waals surface area contributed by atoms with Crippen molar-refractivity contribution in [2.45, 2.75) is 69.6 Å². The summed E-state index contributed by atoms with van der Waals surface area (Å²) in [6, 6.07) is 2.44. The van der Waals surface area contributed by atoms with Crippen LogP contribution in [0.5, 0.6) is 5.75 Å². The van der Waals surface area contributed by atoms with Crippen LogP contribution in [0.15, 0.2) is 26.6 Å². The van der Waals surface area contributed by atoms with E-state index in [0.29, 0.717) is 13.0 Å². The Morgan fingerprint density at radius 3 is 2.51 bits per heavy atom. The molecule has 1 aliphatic heterocycles. The normalized spacial score (nSPS) is 19.2. The average molecular weight is 530 g/mol. The van der Waals surface area contributed by atoms with Crippen molar-refractivity contribution in [3.05, 3.63) is 37.6 Å². The van der Waals surface area contributed by atoms with Gasteiger partial charge in [-0.25, -0.2) is 13.1 Å². The zero-order valence-corrected chi connectivity index (χ0v) is 21.6. The van der Waals surface area contributed by atoms with Crippen LogP contribution in [0.3, 0.4) is 0 Å². The van der Waals surface area contributed by atoms with Crippen molar-refractivity contribution in [3.8, 4) is 5.75 Å². The highest BCUT2D eigenvalue weighted by Crippen LogP contribution is 2.38. The highest BCUT2D eigenvalue weighted by Gasteiger charge is 2.32. The number of ether oxygens (including phenoxy) is 2. The second-order valence-electron chi connectivity index (χ2n) is 8.54. The molecule has 2 aromatic carbocycles. The summed E-state index contributed by atoms with van der Waals surface area (Å²) in [6.45, 7) is 6.51. The van der Waals surface area contributed by atoms with Crippen molar-refractivity contribution in [1.82, 2.24) is 4.72 Å². The number of benzene rings is 1. The summed E-state index contributed by atoms with van der Waals surface area (Å²) in [4.78, 5) is 24.1. The van der Waals surface area contributed by atoms with Gasteiger partial charge in [-0.3, -0.25) is 9.59 Å². The molecule has 1 saturated heterocycles. The summed E-state index contributed by atoms with van der Waals surface area (Å²) < 4.78 is 39.0. The van der Waals surface area contributed by atoms with Crippen LogP contribution in [0.4, 0.5) is 17.1 Å². The van der Waals surface area contributed by atoms with Gasteiger partial charge in [0.15, 0.2) is 5.75 Å². The smallest absolute Gasteiger partial charge is 0.253 e. The fourth-order valence-electron chi connectivity index (χ4n) is 4.03. The maximum Gasteiger partial charge on any atom is 0.253 e. The first-order valence-electron chi connectivity index (χ1n) is 11.7. The molecule has 3 rings (SSSR count). The van der Waals surface area contributed by atoms with Crippen LogP contribution in [0.2, 0.25) is 5.02 Å². The van der Waals surface area contributed by atoms with Gasteiger partial charge in [-0.2, -0.15) is 0 Å². The number of phenols is 1. The van der Waals surface area contributed by atoms with Crippen LogP contribution in [0.1, 0.15) is 46.5 Å². The minimum absolute atomic E-state index is 0.0117. The number of anilines is 3. The van der Waals surface area contributed by atoms with Gasteiger partial charge in [0.25, 0.3) is 10.9 Å². The van der Waals surface area contributed by atoms with Crippen molar-refractivity contribution in [2.75, 3.05) is 30.4 Å². The molecule has 0 spiro atoms. The molecule has 194 valence electrons. The Hall–Kier alpha value is -2.18. The van der Waals surface area contributed by atoms with E-state index in [1.807, 2.05) is 20.8 Å². The first-order chi connectivity index (χ1) is 16.6. The lowest BCUT2D eigenvalue weighted by atomic mass is 10.0. The van der Waals surface area contributed by atoms with E-state index in [2.05, 4.69) is 15.4 Å². The Bertz CT molecular complexity index is 1210. The van der Waals surface area contributed by atoms with E-state index in [9.17, 15) is 23.1 Å². The molecule has 35 heavy (non-hydrogen) atoms. The Morgan fingerprint density at radius 1 is 1.17 bits per heavy atom. The second kappa shape index (κ2) is 11.7. The van der Waals surface area contributed by atoms with Crippen LogP contribution in [-0.4, -0.2) is 51.5 Å². The molecular weight excluding hydrogens is 498 g/mol. The number of nitrogens with one attached hydrogen (secondary N) is 3. The molecular formula is C23H32ClN3O7S. The number of phenolic OH excluding ortho intramolecular Hbond substituents is 1. The lowest BCUT2D eigenvalue weighted by molar-refractivity contribution is 0.0438. The topological polar surface area (TPSA) is 143 Å². The number of hydrogen-bond donors (Lipinski definition) is 4. The first kappa shape index (κ1) is 27.4. The average Bonchev–Trinajstić information content (AvgIpc) is 3.25. The summed E-state index contributed by atoms with van der Waals surface area (Å²) >= 11 is 6.09. The van der Waals surface area contributed by atoms with Crippen LogP contribution < -0.4 is 26.2 Å². The van der Waals surface area contributed by atoms with E-state index < -0.39 is 31.5 Å². The van der Waals surface area contributed by atoms with E-state index in [1.165, 1.54) is 12.1 Å². The SMILES string of the molecule is CCCOCCNS(=O)(=O)c1c(Cl)ccc(Nc2c(N[C@H](CC)[C@H]3CC[C@@H](C)O3)c(=O)c2=O)c1O. The standard InChI is InChI=1S/C23H32ClN3O7S/c1-4-11-33-12-10-25-35(31,32)23-14(24)7-8-16(20(23)28)27-19-18(21(29)22(19)30)26-15(5-2)17-9-6-13(3)34-17/h7-8,13,15,17,25-28H,4-6,9-12H2,1-3H3/t13-,15-,17-/m1/s1. The Balaban J connectivity index is 1.81. The third-order valence-electron chi connectivity index (χ3n) is 5.89. The minimum Gasteiger partial charge on any atom is -0.504 e. The minimum atomic E-state index is -4.18. The fourth-order valence-corrected chi connectivity index (χ4v) is 5.67. The molecule has 0 aliphatic carbocycles. The summed E-state index contributed by atoms with van der Waals surface area (Å²) in [6.07, 6.45) is 3.24. The molecule has 0 bridgehead atoms. The van der Waals surface area contributed by atoms with Gasteiger partial charge >= 0.3 is 0 Å². The lowest BCUT2D eigenvalue weighted by Crippen LogP contribution is -2.42. The molecule has 10 nitrogen and oxygen atoms in total. The van der Waals surface area contributed by atoms with Crippen LogP contribution >= 0.6 is 11.6 Å². The Kier molecular flexibility index (Phi) is 9.16. The van der Waals surface area contributed by atoms with Gasteiger partial charge < -0.3 is 25.2 Å². The zero-order valence-electron chi connectivity index (χ0n) is 20.0. The predicted molar refractivity (Wildman–Crippen MR) is 135 cm³/mol. The summed E-state index contributed by atoms with van der Waals surface area (Å²) in [5, 5.41) is 16.3. The van der Waals surface area contributed by atoms with Crippen molar-refractivity contribution in [1.29, 1.82) is 0 Å². The van der Waals surface area contributed by atoms with Crippen molar-refractivity contribution >= 4 is 38.7 Å².